The van der Waals surface area contributed by atoms with Crippen LogP contribution in [0.1, 0.15) is 34.6 Å². The highest BCUT2D eigenvalue weighted by atomic mass is 35.5. The maximum Gasteiger partial charge on any atom is 0.290 e. The van der Waals surface area contributed by atoms with Crippen molar-refractivity contribution in [2.24, 2.45) is 0 Å². The Bertz CT molecular complexity index is 1020. The summed E-state index contributed by atoms with van der Waals surface area (Å²) in [7, 11) is 0. The van der Waals surface area contributed by atoms with Crippen LogP contribution >= 0.6 is 11.6 Å². The molecule has 1 atom stereocenters. The van der Waals surface area contributed by atoms with Crippen LogP contribution in [0.15, 0.2) is 57.7 Å². The van der Waals surface area contributed by atoms with E-state index in [0.29, 0.717) is 28.1 Å². The first-order chi connectivity index (χ1) is 11.6. The maximum atomic E-state index is 13.0. The Morgan fingerprint density at radius 1 is 1.12 bits per heavy atom. The third-order valence-electron chi connectivity index (χ3n) is 4.38. The molecule has 120 valence electrons. The van der Waals surface area contributed by atoms with Crippen LogP contribution in [0, 0.1) is 0 Å². The van der Waals surface area contributed by atoms with Crippen molar-refractivity contribution in [3.8, 4) is 0 Å². The van der Waals surface area contributed by atoms with Gasteiger partial charge >= 0.3 is 0 Å². The van der Waals surface area contributed by atoms with Gasteiger partial charge in [-0.1, -0.05) is 35.9 Å². The van der Waals surface area contributed by atoms with Crippen molar-refractivity contribution >= 4 is 28.5 Å². The van der Waals surface area contributed by atoms with Crippen molar-refractivity contribution in [1.82, 2.24) is 4.90 Å². The standard InChI is InChI=1S/C19H14ClNO3/c1-2-21-16(11-6-5-7-12(20)10-11)15-17(22)13-8-3-4-9-14(13)24-18(15)19(21)23/h3-10,16H,2H2,1H3/t16-/m1/s1. The normalized spacial score (nSPS) is 16.7. The molecule has 0 saturated carbocycles. The predicted molar refractivity (Wildman–Crippen MR) is 92.5 cm³/mol. The first-order valence-electron chi connectivity index (χ1n) is 7.74. The zero-order valence-electron chi connectivity index (χ0n) is 13.0. The van der Waals surface area contributed by atoms with E-state index in [4.69, 9.17) is 16.0 Å². The highest BCUT2D eigenvalue weighted by molar-refractivity contribution is 6.30. The topological polar surface area (TPSA) is 50.5 Å². The molecule has 0 saturated heterocycles. The fourth-order valence-corrected chi connectivity index (χ4v) is 3.52. The SMILES string of the molecule is CCN1C(=O)c2oc3ccccc3c(=O)c2[C@H]1c1cccc(Cl)c1. The molecule has 0 fully saturated rings. The Kier molecular flexibility index (Phi) is 3.43. The van der Waals surface area contributed by atoms with Crippen molar-refractivity contribution in [3.63, 3.8) is 0 Å². The highest BCUT2D eigenvalue weighted by Gasteiger charge is 2.41. The van der Waals surface area contributed by atoms with E-state index in [1.165, 1.54) is 0 Å². The van der Waals surface area contributed by atoms with Gasteiger partial charge in [0, 0.05) is 11.6 Å². The summed E-state index contributed by atoms with van der Waals surface area (Å²) in [6.07, 6.45) is 0. The van der Waals surface area contributed by atoms with Gasteiger partial charge in [0.1, 0.15) is 5.58 Å². The molecule has 0 radical (unpaired) electrons. The molecule has 0 bridgehead atoms. The molecule has 1 aliphatic heterocycles. The molecular weight excluding hydrogens is 326 g/mol. The number of fused-ring (bicyclic) bond motifs is 2. The summed E-state index contributed by atoms with van der Waals surface area (Å²) in [4.78, 5) is 27.4. The minimum Gasteiger partial charge on any atom is -0.450 e. The second-order valence-electron chi connectivity index (χ2n) is 5.72. The van der Waals surface area contributed by atoms with Crippen LogP contribution in [0.3, 0.4) is 0 Å². The van der Waals surface area contributed by atoms with Crippen molar-refractivity contribution in [2.45, 2.75) is 13.0 Å². The number of hydrogen-bond donors (Lipinski definition) is 0. The molecule has 3 aromatic rings. The Morgan fingerprint density at radius 3 is 2.67 bits per heavy atom. The van der Waals surface area contributed by atoms with Crippen LogP contribution in [-0.4, -0.2) is 17.4 Å². The van der Waals surface area contributed by atoms with Gasteiger partial charge < -0.3 is 9.32 Å². The first-order valence-corrected chi connectivity index (χ1v) is 8.11. The van der Waals surface area contributed by atoms with Gasteiger partial charge in [-0.3, -0.25) is 9.59 Å². The van der Waals surface area contributed by atoms with Gasteiger partial charge in [-0.25, -0.2) is 0 Å². The number of nitrogens with zero attached hydrogens (tertiary/aromatic N) is 1. The summed E-state index contributed by atoms with van der Waals surface area (Å²) < 4.78 is 5.79. The van der Waals surface area contributed by atoms with E-state index in [0.717, 1.165) is 5.56 Å². The van der Waals surface area contributed by atoms with Gasteiger partial charge in [-0.15, -0.1) is 0 Å². The third kappa shape index (κ3) is 2.07. The molecule has 0 N–H and O–H groups in total. The molecule has 4 nitrogen and oxygen atoms in total. The lowest BCUT2D eigenvalue weighted by atomic mass is 9.98. The highest BCUT2D eigenvalue weighted by Crippen LogP contribution is 2.38. The molecule has 2 aromatic carbocycles. The molecule has 1 aliphatic rings. The quantitative estimate of drug-likeness (QED) is 0.708. The number of para-hydroxylation sites is 1. The van der Waals surface area contributed by atoms with E-state index in [9.17, 15) is 9.59 Å². The third-order valence-corrected chi connectivity index (χ3v) is 4.61. The largest absolute Gasteiger partial charge is 0.450 e. The van der Waals surface area contributed by atoms with Crippen molar-refractivity contribution in [1.29, 1.82) is 0 Å². The molecule has 1 amide bonds. The number of carbonyl (C=O) groups excluding carboxylic acids is 1. The second-order valence-corrected chi connectivity index (χ2v) is 6.16. The number of carbonyl (C=O) groups is 1. The minimum absolute atomic E-state index is 0.130. The number of benzene rings is 2. The van der Waals surface area contributed by atoms with Crippen LogP contribution in [0.25, 0.3) is 11.0 Å². The zero-order chi connectivity index (χ0) is 16.8. The lowest BCUT2D eigenvalue weighted by molar-refractivity contribution is 0.0738. The van der Waals surface area contributed by atoms with Crippen molar-refractivity contribution < 1.29 is 9.21 Å². The van der Waals surface area contributed by atoms with Gasteiger partial charge in [0.25, 0.3) is 5.91 Å². The predicted octanol–water partition coefficient (Wildman–Crippen LogP) is 4.01. The number of rotatable bonds is 2. The smallest absolute Gasteiger partial charge is 0.290 e. The zero-order valence-corrected chi connectivity index (χ0v) is 13.7. The molecule has 5 heteroatoms. The summed E-state index contributed by atoms with van der Waals surface area (Å²) in [5.41, 5.74) is 1.46. The van der Waals surface area contributed by atoms with Gasteiger partial charge in [-0.2, -0.15) is 0 Å². The van der Waals surface area contributed by atoms with Crippen LogP contribution in [0.2, 0.25) is 5.02 Å². The second kappa shape index (κ2) is 5.49. The molecule has 1 aromatic heterocycles. The summed E-state index contributed by atoms with van der Waals surface area (Å²) in [5, 5.41) is 1.05. The first kappa shape index (κ1) is 15.0. The van der Waals surface area contributed by atoms with E-state index in [1.807, 2.05) is 19.1 Å². The van der Waals surface area contributed by atoms with Crippen LogP contribution in [-0.2, 0) is 0 Å². The number of hydrogen-bond acceptors (Lipinski definition) is 3. The Morgan fingerprint density at radius 2 is 1.92 bits per heavy atom. The molecular formula is C19H14ClNO3. The Labute approximate surface area is 143 Å². The maximum absolute atomic E-state index is 13.0. The number of amides is 1. The van der Waals surface area contributed by atoms with E-state index < -0.39 is 6.04 Å². The van der Waals surface area contributed by atoms with E-state index in [1.54, 1.807) is 41.3 Å². The molecule has 0 aliphatic carbocycles. The van der Waals surface area contributed by atoms with Gasteiger partial charge in [0.05, 0.1) is 17.0 Å². The Hall–Kier alpha value is -2.59. The molecule has 0 unspecified atom stereocenters. The molecule has 24 heavy (non-hydrogen) atoms. The van der Waals surface area contributed by atoms with Crippen LogP contribution < -0.4 is 5.43 Å². The van der Waals surface area contributed by atoms with Crippen molar-refractivity contribution in [3.05, 3.63) is 80.7 Å². The van der Waals surface area contributed by atoms with Gasteiger partial charge in [0.15, 0.2) is 5.43 Å². The average Bonchev–Trinajstić information content (AvgIpc) is 2.88. The monoisotopic (exact) mass is 339 g/mol. The molecule has 0 spiro atoms. The summed E-state index contributed by atoms with van der Waals surface area (Å²) >= 11 is 6.11. The van der Waals surface area contributed by atoms with E-state index in [2.05, 4.69) is 0 Å². The van der Waals surface area contributed by atoms with Crippen molar-refractivity contribution in [2.75, 3.05) is 6.54 Å². The average molecular weight is 340 g/mol. The molecule has 4 rings (SSSR count). The lowest BCUT2D eigenvalue weighted by Gasteiger charge is -2.23. The van der Waals surface area contributed by atoms with E-state index in [-0.39, 0.29) is 17.1 Å². The van der Waals surface area contributed by atoms with Crippen LogP contribution in [0.5, 0.6) is 0 Å². The van der Waals surface area contributed by atoms with Gasteiger partial charge in [-0.05, 0) is 36.8 Å². The van der Waals surface area contributed by atoms with Gasteiger partial charge in [0.2, 0.25) is 5.76 Å². The fraction of sp³-hybridized carbons (Fsp3) is 0.158. The van der Waals surface area contributed by atoms with Crippen LogP contribution in [0.4, 0.5) is 0 Å². The summed E-state index contributed by atoms with van der Waals surface area (Å²) in [6, 6.07) is 13.7. The summed E-state index contributed by atoms with van der Waals surface area (Å²) in [6.45, 7) is 2.35. The summed E-state index contributed by atoms with van der Waals surface area (Å²) in [5.74, 6) is -0.133. The number of halogens is 1. The lowest BCUT2D eigenvalue weighted by Crippen LogP contribution is -2.29. The fourth-order valence-electron chi connectivity index (χ4n) is 3.32. The minimum atomic E-state index is -0.475. The Balaban J connectivity index is 2.05. The molecule has 2 heterocycles. The van der Waals surface area contributed by atoms with E-state index >= 15 is 0 Å².